The zero-order chi connectivity index (χ0) is 69.7. The molecule has 1 saturated heterocycles. The van der Waals surface area contributed by atoms with Crippen molar-refractivity contribution in [2.75, 3.05) is 13.1 Å². The number of H-pyrrole nitrogens is 1. The Morgan fingerprint density at radius 1 is 0.645 bits per heavy atom. The van der Waals surface area contributed by atoms with Crippen LogP contribution in [0.2, 0.25) is 0 Å². The Balaban J connectivity index is 0.00000108. The number of nitrogens with one attached hydrogen (secondary N) is 7. The number of carbonyl (C=O) groups excluding carboxylic acids is 7. The lowest BCUT2D eigenvalue weighted by Gasteiger charge is -2.32. The number of benzene rings is 3. The van der Waals surface area contributed by atoms with E-state index in [4.69, 9.17) is 52.4 Å². The van der Waals surface area contributed by atoms with E-state index in [1.165, 1.54) is 53.8 Å². The fourth-order valence-corrected chi connectivity index (χ4v) is 9.29. The number of hydrogen-bond acceptors (Lipinski definition) is 17. The van der Waals surface area contributed by atoms with E-state index in [0.29, 0.717) is 29.7 Å². The molecule has 0 aliphatic carbocycles. The van der Waals surface area contributed by atoms with Gasteiger partial charge < -0.3 is 105 Å². The van der Waals surface area contributed by atoms with Crippen LogP contribution in [0.1, 0.15) is 88.6 Å². The first kappa shape index (κ1) is 77.7. The van der Waals surface area contributed by atoms with Crippen LogP contribution >= 0.6 is 7.82 Å². The summed E-state index contributed by atoms with van der Waals surface area (Å²) in [6.45, 7) is 6.90. The lowest BCUT2D eigenvalue weighted by Crippen LogP contribution is -2.62. The van der Waals surface area contributed by atoms with Crippen molar-refractivity contribution in [2.24, 2.45) is 39.8 Å². The molecule has 0 saturated carbocycles. The number of carboxylic acid groups (broad SMARTS) is 3. The van der Waals surface area contributed by atoms with E-state index in [0.717, 1.165) is 5.56 Å². The Hall–Kier alpha value is -9.53. The van der Waals surface area contributed by atoms with Crippen LogP contribution in [-0.4, -0.2) is 188 Å². The highest BCUT2D eigenvalue weighted by molar-refractivity contribution is 7.45. The SMILES string of the molecule is CC[C@H](C)[C@H](NC(=O)[C@H](Cc1ccc(O)cc1)NC(=O)[C@@H](NC(=O)[C@H](CCCN=C(N)N)NC(=O)[C@@H](N)CC(=O)O)C(C)C)C(=O)N[C@@H](Cc1cnc[nH]1)C(=O)N1CCC[C@H]1C(=O)N[C@@H](Cc1ccccc1)C(=O)O.NC(Cc1ccc(O)cc1)C(=O)O.O=P(O)(O)O. The van der Waals surface area contributed by atoms with Gasteiger partial charge in [-0.2, -0.15) is 0 Å². The molecule has 1 aliphatic rings. The third-order valence-corrected chi connectivity index (χ3v) is 14.4. The Morgan fingerprint density at radius 3 is 1.68 bits per heavy atom. The van der Waals surface area contributed by atoms with E-state index < -0.39 is 140 Å². The average Bonchev–Trinajstić information content (AvgIpc) is 1.85. The number of carboxylic acids is 3. The monoisotopic (exact) mass is 1320 g/mol. The van der Waals surface area contributed by atoms with Crippen molar-refractivity contribution in [3.8, 4) is 11.5 Å². The van der Waals surface area contributed by atoms with Gasteiger partial charge in [-0.25, -0.2) is 14.3 Å². The predicted octanol–water partition coefficient (Wildman–Crippen LogP) is -1.90. The highest BCUT2D eigenvalue weighted by Crippen LogP contribution is 2.26. The van der Waals surface area contributed by atoms with Crippen molar-refractivity contribution in [3.05, 3.63) is 114 Å². The average molecular weight is 1330 g/mol. The minimum atomic E-state index is -4.64. The second-order valence-electron chi connectivity index (χ2n) is 22.2. The van der Waals surface area contributed by atoms with Gasteiger partial charge in [-0.15, -0.1) is 0 Å². The van der Waals surface area contributed by atoms with Gasteiger partial charge >= 0.3 is 25.7 Å². The van der Waals surface area contributed by atoms with Crippen molar-refractivity contribution in [3.63, 3.8) is 0 Å². The van der Waals surface area contributed by atoms with E-state index in [1.54, 1.807) is 70.2 Å². The minimum Gasteiger partial charge on any atom is -0.508 e. The number of carbonyl (C=O) groups is 10. The third-order valence-electron chi connectivity index (χ3n) is 14.4. The molecular formula is C59H85N14O19P. The lowest BCUT2D eigenvalue weighted by molar-refractivity contribution is -0.145. The topological polar surface area (TPSA) is 570 Å². The number of imidazole rings is 1. The quantitative estimate of drug-likeness (QED) is 0.0110. The van der Waals surface area contributed by atoms with Gasteiger partial charge in [-0.1, -0.05) is 88.7 Å². The van der Waals surface area contributed by atoms with Crippen LogP contribution in [0.5, 0.6) is 11.5 Å². The minimum absolute atomic E-state index is 0.00211. The van der Waals surface area contributed by atoms with Gasteiger partial charge in [0.25, 0.3) is 0 Å². The Kier molecular flexibility index (Phi) is 32.0. The summed E-state index contributed by atoms with van der Waals surface area (Å²) in [5.41, 5.74) is 24.4. The number of amides is 7. The number of phosphoric acid groups is 1. The normalized spacial score (nSPS) is 15.5. The first-order valence-corrected chi connectivity index (χ1v) is 31.0. The summed E-state index contributed by atoms with van der Waals surface area (Å²) in [5.74, 6) is -10.5. The number of aliphatic imine (C=N–C) groups is 1. The van der Waals surface area contributed by atoms with E-state index in [-0.39, 0.29) is 75.5 Å². The molecular weight excluding hydrogens is 1240 g/mol. The molecule has 2 heterocycles. The number of guanidine groups is 1. The summed E-state index contributed by atoms with van der Waals surface area (Å²) >= 11 is 0. The van der Waals surface area contributed by atoms with E-state index in [2.05, 4.69) is 46.9 Å². The fraction of sp³-hybridized carbons (Fsp3) is 0.458. The van der Waals surface area contributed by atoms with Crippen molar-refractivity contribution in [2.45, 2.75) is 146 Å². The molecule has 93 heavy (non-hydrogen) atoms. The molecule has 1 aromatic heterocycles. The highest BCUT2D eigenvalue weighted by Gasteiger charge is 2.41. The van der Waals surface area contributed by atoms with Crippen LogP contribution in [0.3, 0.4) is 0 Å². The summed E-state index contributed by atoms with van der Waals surface area (Å²) in [6, 6.07) is 9.38. The Bertz CT molecular complexity index is 3180. The lowest BCUT2D eigenvalue weighted by atomic mass is 9.96. The van der Waals surface area contributed by atoms with Crippen LogP contribution in [-0.2, 0) is 78.2 Å². The van der Waals surface area contributed by atoms with Gasteiger partial charge in [0, 0.05) is 44.2 Å². The molecule has 0 radical (unpaired) electrons. The molecule has 1 aliphatic heterocycles. The van der Waals surface area contributed by atoms with Gasteiger partial charge in [0.1, 0.15) is 59.8 Å². The van der Waals surface area contributed by atoms with Crippen molar-refractivity contribution in [1.82, 2.24) is 46.8 Å². The number of phenols is 2. The van der Waals surface area contributed by atoms with Crippen molar-refractivity contribution in [1.29, 1.82) is 0 Å². The number of phenolic OH excluding ortho intramolecular Hbond substituents is 2. The highest BCUT2D eigenvalue weighted by atomic mass is 31.2. The zero-order valence-corrected chi connectivity index (χ0v) is 52.6. The number of aromatic hydroxyl groups is 2. The van der Waals surface area contributed by atoms with Crippen LogP contribution in [0.25, 0.3) is 0 Å². The summed E-state index contributed by atoms with van der Waals surface area (Å²) in [7, 11) is -4.64. The molecule has 0 bridgehead atoms. The number of aliphatic carboxylic acids is 3. The molecule has 3 aromatic carbocycles. The van der Waals surface area contributed by atoms with Gasteiger partial charge in [0.05, 0.1) is 18.8 Å². The Labute approximate surface area is 535 Å². The summed E-state index contributed by atoms with van der Waals surface area (Å²) in [5, 5.41) is 62.6. The first-order valence-electron chi connectivity index (χ1n) is 29.4. The Morgan fingerprint density at radius 2 is 1.16 bits per heavy atom. The van der Waals surface area contributed by atoms with E-state index in [9.17, 15) is 63.3 Å². The smallest absolute Gasteiger partial charge is 0.466 e. The maximum Gasteiger partial charge on any atom is 0.466 e. The molecule has 7 amide bonds. The molecule has 23 N–H and O–H groups in total. The summed E-state index contributed by atoms with van der Waals surface area (Å²) in [6.07, 6.45) is 3.19. The predicted molar refractivity (Wildman–Crippen MR) is 334 cm³/mol. The van der Waals surface area contributed by atoms with Crippen LogP contribution < -0.4 is 54.8 Å². The molecule has 33 nitrogen and oxygen atoms in total. The standard InChI is InChI=1S/C50H71N13O12.C9H11NO3.H3O4P/c1-5-28(4)41(47(72)59-36(23-31-25-54-26-56-31)48(73)63-20-10-14-38(63)45(70)60-37(49(74)75)22-29-11-7-6-8-12-29)62-44(69)35(21-30-15-17-32(64)18-16-30)58-46(71)40(27(2)3)61-43(68)34(13-9-19-55-50(52)53)57-42(67)33(51)24-39(65)66;10-8(9(12)13)5-6-1-3-7(11)4-2-6;1-5(2,3)4/h6-8,11-12,15-18,25-28,33-38,40-41,64H,5,9-10,13-14,19-24,51H2,1-4H3,(H,54,56)(H,57,67)(H,58,71)(H,59,72)(H,60,70)(H,61,68)(H,62,69)(H,65,66)(H,74,75)(H4,52,53,55);1-4,8,11H,5,10H2,(H,12,13);(H3,1,2,3,4)/t28-,33-,34-,35-,36-,37-,38-,40-,41-;;/m0../s1. The number of aromatic nitrogens is 2. The van der Waals surface area contributed by atoms with E-state index >= 15 is 0 Å². The van der Waals surface area contributed by atoms with Gasteiger partial charge in [-0.3, -0.25) is 48.1 Å². The number of likely N-dealkylation sites (tertiary alicyclic amines) is 1. The third kappa shape index (κ3) is 28.7. The number of aromatic amines is 1. The van der Waals surface area contributed by atoms with E-state index in [1.807, 2.05) is 0 Å². The zero-order valence-electron chi connectivity index (χ0n) is 51.7. The number of hydrogen-bond donors (Lipinski definition) is 19. The largest absolute Gasteiger partial charge is 0.508 e. The second kappa shape index (κ2) is 38.4. The number of nitrogens with zero attached hydrogens (tertiary/aromatic N) is 3. The molecule has 510 valence electrons. The molecule has 0 spiro atoms. The fourth-order valence-electron chi connectivity index (χ4n) is 9.29. The molecule has 1 unspecified atom stereocenters. The maximum absolute atomic E-state index is 14.6. The number of rotatable bonds is 32. The summed E-state index contributed by atoms with van der Waals surface area (Å²) in [4.78, 5) is 166. The van der Waals surface area contributed by atoms with Gasteiger partial charge in [0.15, 0.2) is 5.96 Å². The molecule has 5 rings (SSSR count). The molecule has 1 fully saturated rings. The van der Waals surface area contributed by atoms with Crippen molar-refractivity contribution < 1.29 is 92.7 Å². The van der Waals surface area contributed by atoms with Gasteiger partial charge in [-0.05, 0) is 84.9 Å². The maximum atomic E-state index is 14.6. The summed E-state index contributed by atoms with van der Waals surface area (Å²) < 4.78 is 8.88. The first-order chi connectivity index (χ1) is 43.7. The van der Waals surface area contributed by atoms with Crippen molar-refractivity contribution >= 4 is 73.0 Å². The molecule has 10 atom stereocenters. The van der Waals surface area contributed by atoms with Crippen LogP contribution in [0, 0.1) is 11.8 Å². The second-order valence-corrected chi connectivity index (χ2v) is 23.2. The van der Waals surface area contributed by atoms with Crippen LogP contribution in [0.15, 0.2) is 96.4 Å². The molecule has 34 heteroatoms. The van der Waals surface area contributed by atoms with Gasteiger partial charge in [0.2, 0.25) is 41.4 Å². The molecule has 4 aromatic rings. The number of nitrogens with two attached hydrogens (primary N) is 4. The van der Waals surface area contributed by atoms with Crippen LogP contribution in [0.4, 0.5) is 0 Å².